The van der Waals surface area contributed by atoms with Crippen molar-refractivity contribution in [3.63, 3.8) is 0 Å². The van der Waals surface area contributed by atoms with Gasteiger partial charge in [0.1, 0.15) is 28.6 Å². The van der Waals surface area contributed by atoms with Crippen LogP contribution in [0.2, 0.25) is 0 Å². The standard InChI is InChI=1S/C14H25NO5.C14H23NO5/c2*1-13(2,3)20-12(18)15-9-5-7-14(15,8-6-10-16)11(17)19-4/h16H,5-10H2,1-4H3;10H,5-9H2,1-4H3. The molecule has 2 unspecified atom stereocenters. The van der Waals surface area contributed by atoms with Gasteiger partial charge in [0, 0.05) is 26.1 Å². The van der Waals surface area contributed by atoms with Crippen molar-refractivity contribution in [1.29, 1.82) is 0 Å². The molecule has 12 heteroatoms. The van der Waals surface area contributed by atoms with Crippen LogP contribution < -0.4 is 0 Å². The van der Waals surface area contributed by atoms with Crippen molar-refractivity contribution in [2.75, 3.05) is 33.9 Å². The highest BCUT2D eigenvalue weighted by Gasteiger charge is 2.52. The number of aldehydes is 1. The average molecular weight is 573 g/mol. The SMILES string of the molecule is COC(=O)C1(CCC=O)CCCN1C(=O)OC(C)(C)C.COC(=O)C1(CCCO)CCCN1C(=O)OC(C)(C)C. The fraction of sp³-hybridized carbons (Fsp3) is 0.821. The summed E-state index contributed by atoms with van der Waals surface area (Å²) in [5.41, 5.74) is -3.32. The third-order valence-corrected chi connectivity index (χ3v) is 6.76. The number of aliphatic hydroxyl groups excluding tert-OH is 1. The van der Waals surface area contributed by atoms with Crippen LogP contribution in [0, 0.1) is 0 Å². The van der Waals surface area contributed by atoms with Gasteiger partial charge in [-0.3, -0.25) is 9.80 Å². The van der Waals surface area contributed by atoms with Crippen LogP contribution in [0.5, 0.6) is 0 Å². The number of rotatable bonds is 8. The van der Waals surface area contributed by atoms with Gasteiger partial charge in [-0.15, -0.1) is 0 Å². The van der Waals surface area contributed by atoms with Crippen molar-refractivity contribution in [2.24, 2.45) is 0 Å². The Bertz CT molecular complexity index is 895. The number of esters is 2. The minimum atomic E-state index is -1.07. The Morgan fingerprint density at radius 1 is 0.775 bits per heavy atom. The molecule has 2 amide bonds. The smallest absolute Gasteiger partial charge is 0.411 e. The zero-order chi connectivity index (χ0) is 30.8. The van der Waals surface area contributed by atoms with Crippen LogP contribution in [-0.2, 0) is 33.3 Å². The molecular formula is C28H48N2O10. The van der Waals surface area contributed by atoms with Crippen molar-refractivity contribution in [2.45, 2.75) is 115 Å². The van der Waals surface area contributed by atoms with Crippen LogP contribution in [0.25, 0.3) is 0 Å². The van der Waals surface area contributed by atoms with E-state index in [1.54, 1.807) is 41.5 Å². The first-order valence-electron chi connectivity index (χ1n) is 13.8. The van der Waals surface area contributed by atoms with Crippen LogP contribution in [0.3, 0.4) is 0 Å². The maximum Gasteiger partial charge on any atom is 0.411 e. The molecule has 1 N–H and O–H groups in total. The molecule has 0 aliphatic carbocycles. The Balaban J connectivity index is 0.000000400. The first-order valence-corrected chi connectivity index (χ1v) is 13.8. The lowest BCUT2D eigenvalue weighted by atomic mass is 9.90. The summed E-state index contributed by atoms with van der Waals surface area (Å²) >= 11 is 0. The van der Waals surface area contributed by atoms with Gasteiger partial charge in [0.25, 0.3) is 0 Å². The van der Waals surface area contributed by atoms with Gasteiger partial charge in [-0.2, -0.15) is 0 Å². The molecule has 0 radical (unpaired) electrons. The number of hydrogen-bond donors (Lipinski definition) is 1. The van der Waals surface area contributed by atoms with Gasteiger partial charge in [-0.05, 0) is 86.5 Å². The van der Waals surface area contributed by atoms with E-state index in [0.29, 0.717) is 45.2 Å². The Hall–Kier alpha value is -2.89. The van der Waals surface area contributed by atoms with Gasteiger partial charge in [0.05, 0.1) is 14.2 Å². The predicted molar refractivity (Wildman–Crippen MR) is 145 cm³/mol. The van der Waals surface area contributed by atoms with E-state index >= 15 is 0 Å². The molecule has 2 saturated heterocycles. The lowest BCUT2D eigenvalue weighted by Gasteiger charge is -2.36. The molecule has 2 fully saturated rings. The van der Waals surface area contributed by atoms with Crippen LogP contribution >= 0.6 is 0 Å². The maximum atomic E-state index is 12.3. The summed E-state index contributed by atoms with van der Waals surface area (Å²) in [6.45, 7) is 11.5. The van der Waals surface area contributed by atoms with Gasteiger partial charge < -0.3 is 28.8 Å². The topological polar surface area (TPSA) is 149 Å². The molecule has 0 aromatic rings. The zero-order valence-corrected chi connectivity index (χ0v) is 25.4. The summed E-state index contributed by atoms with van der Waals surface area (Å²) in [5, 5.41) is 9.02. The Kier molecular flexibility index (Phi) is 12.9. The van der Waals surface area contributed by atoms with Crippen molar-refractivity contribution in [3.8, 4) is 0 Å². The summed E-state index contributed by atoms with van der Waals surface area (Å²) in [5.74, 6) is -0.919. The highest BCUT2D eigenvalue weighted by Crippen LogP contribution is 2.37. The number of methoxy groups -OCH3 is 2. The molecule has 40 heavy (non-hydrogen) atoms. The number of aliphatic hydroxyl groups is 1. The Labute approximate surface area is 237 Å². The molecule has 0 aromatic carbocycles. The van der Waals surface area contributed by atoms with E-state index in [1.807, 2.05) is 0 Å². The first-order chi connectivity index (χ1) is 18.5. The van der Waals surface area contributed by atoms with Crippen molar-refractivity contribution in [3.05, 3.63) is 0 Å². The second-order valence-electron chi connectivity index (χ2n) is 12.0. The molecule has 2 aliphatic rings. The summed E-state index contributed by atoms with van der Waals surface area (Å²) in [7, 11) is 2.60. The maximum absolute atomic E-state index is 12.3. The molecule has 2 rings (SSSR count). The molecule has 0 spiro atoms. The zero-order valence-electron chi connectivity index (χ0n) is 25.4. The van der Waals surface area contributed by atoms with E-state index in [0.717, 1.165) is 12.7 Å². The number of carbonyl (C=O) groups is 5. The number of nitrogens with zero attached hydrogens (tertiary/aromatic N) is 2. The predicted octanol–water partition coefficient (Wildman–Crippen LogP) is 3.61. The average Bonchev–Trinajstić information content (AvgIpc) is 3.49. The molecule has 0 saturated carbocycles. The first kappa shape index (κ1) is 35.1. The summed E-state index contributed by atoms with van der Waals surface area (Å²) < 4.78 is 20.4. The summed E-state index contributed by atoms with van der Waals surface area (Å²) in [4.78, 5) is 62.4. The fourth-order valence-electron chi connectivity index (χ4n) is 5.12. The third kappa shape index (κ3) is 9.07. The summed E-state index contributed by atoms with van der Waals surface area (Å²) in [6.07, 6.45) is 3.44. The molecule has 0 aromatic heterocycles. The Morgan fingerprint density at radius 2 is 1.18 bits per heavy atom. The molecule has 2 heterocycles. The van der Waals surface area contributed by atoms with E-state index < -0.39 is 46.4 Å². The normalized spacial score (nSPS) is 22.6. The monoisotopic (exact) mass is 572 g/mol. The fourth-order valence-corrected chi connectivity index (χ4v) is 5.12. The van der Waals surface area contributed by atoms with Crippen LogP contribution in [0.15, 0.2) is 0 Å². The quantitative estimate of drug-likeness (QED) is 0.260. The van der Waals surface area contributed by atoms with Gasteiger partial charge in [-0.25, -0.2) is 19.2 Å². The highest BCUT2D eigenvalue weighted by atomic mass is 16.6. The lowest BCUT2D eigenvalue weighted by Crippen LogP contribution is -2.54. The highest BCUT2D eigenvalue weighted by molar-refractivity contribution is 5.87. The number of hydrogen-bond acceptors (Lipinski definition) is 10. The van der Waals surface area contributed by atoms with Gasteiger partial charge in [0.2, 0.25) is 0 Å². The van der Waals surface area contributed by atoms with Gasteiger partial charge in [-0.1, -0.05) is 0 Å². The molecular weight excluding hydrogens is 524 g/mol. The number of likely N-dealkylation sites (tertiary alicyclic amines) is 2. The van der Waals surface area contributed by atoms with Crippen molar-refractivity contribution in [1.82, 2.24) is 9.80 Å². The van der Waals surface area contributed by atoms with Crippen molar-refractivity contribution >= 4 is 30.4 Å². The minimum absolute atomic E-state index is 0.0269. The van der Waals surface area contributed by atoms with Crippen LogP contribution in [0.4, 0.5) is 9.59 Å². The lowest BCUT2D eigenvalue weighted by molar-refractivity contribution is -0.154. The van der Waals surface area contributed by atoms with Crippen molar-refractivity contribution < 1.29 is 48.0 Å². The number of ether oxygens (including phenoxy) is 4. The summed E-state index contributed by atoms with van der Waals surface area (Å²) in [6, 6.07) is 0. The van der Waals surface area contributed by atoms with Crippen LogP contribution in [-0.4, -0.2) is 102 Å². The molecule has 230 valence electrons. The second-order valence-corrected chi connectivity index (χ2v) is 12.0. The van der Waals surface area contributed by atoms with Gasteiger partial charge in [0.15, 0.2) is 0 Å². The van der Waals surface area contributed by atoms with Crippen LogP contribution in [0.1, 0.15) is 92.9 Å². The number of amides is 2. The van der Waals surface area contributed by atoms with E-state index in [2.05, 4.69) is 0 Å². The molecule has 2 atom stereocenters. The van der Waals surface area contributed by atoms with E-state index in [1.165, 1.54) is 24.0 Å². The van der Waals surface area contributed by atoms with E-state index in [-0.39, 0.29) is 19.4 Å². The van der Waals surface area contributed by atoms with E-state index in [9.17, 15) is 24.0 Å². The molecule has 2 aliphatic heterocycles. The molecule has 0 bridgehead atoms. The van der Waals surface area contributed by atoms with E-state index in [4.69, 9.17) is 24.1 Å². The second kappa shape index (κ2) is 14.7. The minimum Gasteiger partial charge on any atom is -0.467 e. The van der Waals surface area contributed by atoms with Gasteiger partial charge >= 0.3 is 24.1 Å². The number of carbonyl (C=O) groups excluding carboxylic acids is 5. The molecule has 12 nitrogen and oxygen atoms in total. The largest absolute Gasteiger partial charge is 0.467 e. The third-order valence-electron chi connectivity index (χ3n) is 6.76. The Morgan fingerprint density at radius 3 is 1.50 bits per heavy atom.